The van der Waals surface area contributed by atoms with E-state index in [0.717, 1.165) is 66.4 Å². The van der Waals surface area contributed by atoms with Crippen molar-refractivity contribution in [1.82, 2.24) is 19.5 Å². The van der Waals surface area contributed by atoms with E-state index in [1.165, 1.54) is 20.7 Å². The van der Waals surface area contributed by atoms with Crippen molar-refractivity contribution in [3.63, 3.8) is 0 Å². The molecule has 0 bridgehead atoms. The third-order valence-electron chi connectivity index (χ3n) is 13.5. The van der Waals surface area contributed by atoms with Crippen LogP contribution in [0.2, 0.25) is 0 Å². The molecule has 6 heteroatoms. The Morgan fingerprint density at radius 2 is 0.814 bits per heavy atom. The Labute approximate surface area is 408 Å². The molecule has 0 aliphatic carbocycles. The van der Waals surface area contributed by atoms with E-state index in [9.17, 15) is 5.26 Å². The monoisotopic (exact) mass is 909 g/mol. The molecule has 0 amide bonds. The number of nitrogens with zero attached hydrogens (tertiary/aromatic N) is 5. The lowest BCUT2D eigenvalue weighted by Crippen LogP contribution is -2.74. The van der Waals surface area contributed by atoms with Gasteiger partial charge in [-0.05, 0) is 85.5 Å². The highest BCUT2D eigenvalue weighted by molar-refractivity contribution is 7.19. The number of nitriles is 1. The topological polar surface area (TPSA) is 67.4 Å². The molecule has 0 saturated carbocycles. The average Bonchev–Trinajstić information content (AvgIpc) is 3.78. The summed E-state index contributed by atoms with van der Waals surface area (Å²) in [6, 6.07) is 94.7. The van der Waals surface area contributed by atoms with Gasteiger partial charge >= 0.3 is 0 Å². The second-order valence-electron chi connectivity index (χ2n) is 17.4. The zero-order valence-corrected chi connectivity index (χ0v) is 39.1. The summed E-state index contributed by atoms with van der Waals surface area (Å²) in [4.78, 5) is 15.7. The normalized spacial score (nSPS) is 11.4. The highest BCUT2D eigenvalue weighted by Gasteiger charge is 2.41. The average molecular weight is 910 g/mol. The van der Waals surface area contributed by atoms with Gasteiger partial charge in [-0.25, -0.2) is 15.0 Å². The zero-order chi connectivity index (χ0) is 46.9. The number of hydrogen-bond donors (Lipinski definition) is 0. The number of aromatic nitrogens is 4. The van der Waals surface area contributed by atoms with Crippen LogP contribution in [-0.2, 0) is 0 Å². The summed E-state index contributed by atoms with van der Waals surface area (Å²) in [7, 11) is -2.91. The maximum atomic E-state index is 10.1. The Morgan fingerprint density at radius 1 is 0.329 bits per heavy atom. The molecule has 0 fully saturated rings. The van der Waals surface area contributed by atoms with Crippen LogP contribution in [0.4, 0.5) is 0 Å². The van der Waals surface area contributed by atoms with Crippen molar-refractivity contribution in [3.05, 3.63) is 266 Å². The largest absolute Gasteiger partial charge is 0.309 e. The maximum absolute atomic E-state index is 10.1. The Kier molecular flexibility index (Phi) is 10.9. The molecular formula is C64H43N5Si. The standard InChI is InChI=1S/C64H43N5Si/c65-44-49-25-16-17-34-55(49)48-37-40-61-59(42-48)56-35-18-19-36-60(56)69(61)50-38-39-57(64-67-62(45-21-6-1-7-22-45)66-63(68-64)46-23-8-2-9-24-46)58(43-50)47-26-20-33-54(41-47)70(51-27-10-3-11-28-51,52-29-12-4-13-30-52)53-31-14-5-15-32-53/h1-43H. The lowest BCUT2D eigenvalue weighted by atomic mass is 9.97. The van der Waals surface area contributed by atoms with Crippen LogP contribution in [0, 0.1) is 11.3 Å². The van der Waals surface area contributed by atoms with E-state index in [1.807, 2.05) is 60.7 Å². The number of rotatable bonds is 10. The molecule has 10 aromatic carbocycles. The van der Waals surface area contributed by atoms with E-state index >= 15 is 0 Å². The molecule has 0 unspecified atom stereocenters. The summed E-state index contributed by atoms with van der Waals surface area (Å²) >= 11 is 0. The van der Waals surface area contributed by atoms with Crippen LogP contribution in [0.15, 0.2) is 261 Å². The third-order valence-corrected chi connectivity index (χ3v) is 18.2. The molecule has 70 heavy (non-hydrogen) atoms. The molecule has 0 spiro atoms. The van der Waals surface area contributed by atoms with E-state index in [4.69, 9.17) is 15.0 Å². The number of hydrogen-bond acceptors (Lipinski definition) is 4. The molecule has 0 aliphatic heterocycles. The van der Waals surface area contributed by atoms with Gasteiger partial charge in [0.1, 0.15) is 0 Å². The first-order valence-corrected chi connectivity index (χ1v) is 25.5. The van der Waals surface area contributed by atoms with Gasteiger partial charge in [0.05, 0.1) is 22.7 Å². The van der Waals surface area contributed by atoms with Gasteiger partial charge in [0, 0.05) is 33.2 Å². The minimum Gasteiger partial charge on any atom is -0.309 e. The first-order valence-electron chi connectivity index (χ1n) is 23.5. The summed E-state index contributed by atoms with van der Waals surface area (Å²) in [5, 5.41) is 17.5. The Bertz CT molecular complexity index is 3730. The molecule has 12 rings (SSSR count). The van der Waals surface area contributed by atoms with Crippen molar-refractivity contribution in [2.24, 2.45) is 0 Å². The molecule has 12 aromatic rings. The molecule has 0 atom stereocenters. The van der Waals surface area contributed by atoms with Crippen LogP contribution in [0.3, 0.4) is 0 Å². The predicted molar refractivity (Wildman–Crippen MR) is 290 cm³/mol. The SMILES string of the molecule is N#Cc1ccccc1-c1ccc2c(c1)c1ccccc1n2-c1ccc(-c2nc(-c3ccccc3)nc(-c3ccccc3)n2)c(-c2cccc([Si](c3ccccc3)(c3ccccc3)c3ccccc3)c2)c1. The van der Waals surface area contributed by atoms with Crippen molar-refractivity contribution in [3.8, 4) is 68.2 Å². The van der Waals surface area contributed by atoms with Gasteiger partial charge in [-0.3, -0.25) is 0 Å². The second kappa shape index (κ2) is 18.1. The van der Waals surface area contributed by atoms with E-state index in [0.29, 0.717) is 23.0 Å². The molecule has 0 saturated heterocycles. The van der Waals surface area contributed by atoms with Crippen molar-refractivity contribution in [1.29, 1.82) is 5.26 Å². The van der Waals surface area contributed by atoms with Crippen LogP contribution < -0.4 is 20.7 Å². The summed E-state index contributed by atoms with van der Waals surface area (Å²) in [5.74, 6) is 1.79. The molecule has 2 aromatic heterocycles. The highest BCUT2D eigenvalue weighted by Crippen LogP contribution is 2.39. The molecule has 2 heterocycles. The molecule has 0 aliphatic rings. The van der Waals surface area contributed by atoms with Crippen LogP contribution in [0.1, 0.15) is 5.56 Å². The van der Waals surface area contributed by atoms with Gasteiger partial charge in [0.2, 0.25) is 0 Å². The Balaban J connectivity index is 1.14. The van der Waals surface area contributed by atoms with E-state index in [-0.39, 0.29) is 0 Å². The van der Waals surface area contributed by atoms with E-state index in [2.05, 4.69) is 211 Å². The summed E-state index contributed by atoms with van der Waals surface area (Å²) in [5.41, 5.74) is 10.5. The summed E-state index contributed by atoms with van der Waals surface area (Å²) < 4.78 is 2.36. The Hall–Kier alpha value is -9.28. The minimum atomic E-state index is -2.91. The third kappa shape index (κ3) is 7.39. The lowest BCUT2D eigenvalue weighted by molar-refractivity contribution is 1.07. The fourth-order valence-corrected chi connectivity index (χ4v) is 15.1. The van der Waals surface area contributed by atoms with Gasteiger partial charge in [-0.2, -0.15) is 5.26 Å². The van der Waals surface area contributed by atoms with Crippen molar-refractivity contribution in [2.75, 3.05) is 0 Å². The van der Waals surface area contributed by atoms with Crippen LogP contribution >= 0.6 is 0 Å². The first kappa shape index (κ1) is 42.1. The number of para-hydroxylation sites is 1. The number of benzene rings is 10. The summed E-state index contributed by atoms with van der Waals surface area (Å²) in [6.45, 7) is 0. The zero-order valence-electron chi connectivity index (χ0n) is 38.1. The first-order chi connectivity index (χ1) is 34.7. The predicted octanol–water partition coefficient (Wildman–Crippen LogP) is 12.6. The molecule has 0 N–H and O–H groups in total. The molecule has 5 nitrogen and oxygen atoms in total. The van der Waals surface area contributed by atoms with Crippen molar-refractivity contribution in [2.45, 2.75) is 0 Å². The van der Waals surface area contributed by atoms with Crippen molar-refractivity contribution < 1.29 is 0 Å². The Morgan fingerprint density at radius 3 is 1.43 bits per heavy atom. The van der Waals surface area contributed by atoms with Crippen LogP contribution in [-0.4, -0.2) is 27.6 Å². The van der Waals surface area contributed by atoms with Gasteiger partial charge in [0.25, 0.3) is 0 Å². The highest BCUT2D eigenvalue weighted by atomic mass is 28.3. The van der Waals surface area contributed by atoms with Crippen LogP contribution in [0.25, 0.3) is 83.9 Å². The molecular weight excluding hydrogens is 867 g/mol. The smallest absolute Gasteiger partial charge is 0.179 e. The fraction of sp³-hybridized carbons (Fsp3) is 0. The van der Waals surface area contributed by atoms with E-state index in [1.54, 1.807) is 0 Å². The van der Waals surface area contributed by atoms with Gasteiger partial charge in [0.15, 0.2) is 25.5 Å². The van der Waals surface area contributed by atoms with Gasteiger partial charge in [-0.15, -0.1) is 0 Å². The minimum absolute atomic E-state index is 0.584. The van der Waals surface area contributed by atoms with Crippen LogP contribution in [0.5, 0.6) is 0 Å². The summed E-state index contributed by atoms with van der Waals surface area (Å²) in [6.07, 6.45) is 0. The van der Waals surface area contributed by atoms with E-state index < -0.39 is 8.07 Å². The molecule has 0 radical (unpaired) electrons. The fourth-order valence-electron chi connectivity index (χ4n) is 10.3. The molecule has 328 valence electrons. The van der Waals surface area contributed by atoms with Crippen molar-refractivity contribution >= 4 is 50.6 Å². The quantitative estimate of drug-likeness (QED) is 0.101. The lowest BCUT2D eigenvalue weighted by Gasteiger charge is -2.34. The second-order valence-corrected chi connectivity index (χ2v) is 21.2. The maximum Gasteiger partial charge on any atom is 0.179 e. The van der Waals surface area contributed by atoms with Gasteiger partial charge < -0.3 is 4.57 Å². The number of fused-ring (bicyclic) bond motifs is 3. The van der Waals surface area contributed by atoms with Gasteiger partial charge in [-0.1, -0.05) is 218 Å².